The number of nitrogens with one attached hydrogen (secondary N) is 1. The molecule has 102 valence electrons. The molecule has 3 rings (SSSR count). The molecule has 0 atom stereocenters. The number of anilines is 2. The molecular weight excluding hydrogens is 339 g/mol. The highest BCUT2D eigenvalue weighted by atomic mass is 79.9. The SMILES string of the molecule is Cc1ccc2nc(Nc3cc(Br)c(F)cc3C)sc2c1. The van der Waals surface area contributed by atoms with E-state index >= 15 is 0 Å². The summed E-state index contributed by atoms with van der Waals surface area (Å²) in [6, 6.07) is 9.42. The summed E-state index contributed by atoms with van der Waals surface area (Å²) in [6.45, 7) is 3.93. The third-order valence-corrected chi connectivity index (χ3v) is 4.59. The van der Waals surface area contributed by atoms with Gasteiger partial charge in [-0.1, -0.05) is 17.4 Å². The van der Waals surface area contributed by atoms with Crippen molar-refractivity contribution in [2.75, 3.05) is 5.32 Å². The van der Waals surface area contributed by atoms with Crippen molar-refractivity contribution in [1.82, 2.24) is 4.98 Å². The Labute approximate surface area is 128 Å². The van der Waals surface area contributed by atoms with Crippen molar-refractivity contribution in [2.24, 2.45) is 0 Å². The van der Waals surface area contributed by atoms with Crippen molar-refractivity contribution >= 4 is 48.3 Å². The Bertz CT molecular complexity index is 798. The summed E-state index contributed by atoms with van der Waals surface area (Å²) in [6.07, 6.45) is 0. The van der Waals surface area contributed by atoms with E-state index in [4.69, 9.17) is 0 Å². The van der Waals surface area contributed by atoms with E-state index in [0.29, 0.717) is 4.47 Å². The van der Waals surface area contributed by atoms with E-state index in [9.17, 15) is 4.39 Å². The van der Waals surface area contributed by atoms with E-state index in [1.54, 1.807) is 17.4 Å². The minimum Gasteiger partial charge on any atom is -0.331 e. The highest BCUT2D eigenvalue weighted by Gasteiger charge is 2.08. The van der Waals surface area contributed by atoms with Gasteiger partial charge >= 0.3 is 0 Å². The summed E-state index contributed by atoms with van der Waals surface area (Å²) in [5, 5.41) is 4.07. The van der Waals surface area contributed by atoms with Crippen molar-refractivity contribution in [2.45, 2.75) is 13.8 Å². The summed E-state index contributed by atoms with van der Waals surface area (Å²) in [4.78, 5) is 4.54. The Hall–Kier alpha value is -1.46. The zero-order valence-corrected chi connectivity index (χ0v) is 13.4. The van der Waals surface area contributed by atoms with Crippen molar-refractivity contribution < 1.29 is 4.39 Å². The molecule has 0 aliphatic rings. The number of benzene rings is 2. The average Bonchev–Trinajstić information content (AvgIpc) is 2.77. The van der Waals surface area contributed by atoms with Crippen molar-refractivity contribution in [3.63, 3.8) is 0 Å². The molecule has 0 fully saturated rings. The van der Waals surface area contributed by atoms with Gasteiger partial charge in [-0.2, -0.15) is 0 Å². The Morgan fingerprint density at radius 3 is 2.80 bits per heavy atom. The van der Waals surface area contributed by atoms with Gasteiger partial charge in [0.15, 0.2) is 5.13 Å². The molecule has 1 aromatic heterocycles. The fourth-order valence-electron chi connectivity index (χ4n) is 1.98. The van der Waals surface area contributed by atoms with Gasteiger partial charge in [-0.15, -0.1) is 0 Å². The molecule has 0 saturated carbocycles. The smallest absolute Gasteiger partial charge is 0.188 e. The summed E-state index contributed by atoms with van der Waals surface area (Å²) in [5.41, 5.74) is 3.89. The van der Waals surface area contributed by atoms with Crippen LogP contribution in [0.5, 0.6) is 0 Å². The first kappa shape index (κ1) is 13.5. The number of fused-ring (bicyclic) bond motifs is 1. The van der Waals surface area contributed by atoms with Crippen LogP contribution in [0.15, 0.2) is 34.8 Å². The second-order valence-electron chi connectivity index (χ2n) is 4.70. The third-order valence-electron chi connectivity index (χ3n) is 3.05. The Kier molecular flexibility index (Phi) is 3.48. The van der Waals surface area contributed by atoms with Gasteiger partial charge in [0.25, 0.3) is 0 Å². The van der Waals surface area contributed by atoms with Gasteiger partial charge in [-0.05, 0) is 65.2 Å². The maximum Gasteiger partial charge on any atom is 0.188 e. The summed E-state index contributed by atoms with van der Waals surface area (Å²) in [7, 11) is 0. The molecule has 1 heterocycles. The fourth-order valence-corrected chi connectivity index (χ4v) is 3.30. The third kappa shape index (κ3) is 2.55. The van der Waals surface area contributed by atoms with Crippen LogP contribution in [0.3, 0.4) is 0 Å². The predicted molar refractivity (Wildman–Crippen MR) is 86.5 cm³/mol. The van der Waals surface area contributed by atoms with E-state index in [0.717, 1.165) is 26.6 Å². The monoisotopic (exact) mass is 350 g/mol. The molecular formula is C15H12BrFN2S. The molecule has 0 aliphatic carbocycles. The van der Waals surface area contributed by atoms with Crippen molar-refractivity contribution in [3.05, 3.63) is 51.7 Å². The minimum absolute atomic E-state index is 0.257. The first-order valence-electron chi connectivity index (χ1n) is 6.13. The molecule has 0 saturated heterocycles. The maximum absolute atomic E-state index is 13.4. The van der Waals surface area contributed by atoms with Gasteiger partial charge in [0.05, 0.1) is 14.7 Å². The minimum atomic E-state index is -0.257. The maximum atomic E-state index is 13.4. The largest absolute Gasteiger partial charge is 0.331 e. The Morgan fingerprint density at radius 1 is 1.20 bits per heavy atom. The van der Waals surface area contributed by atoms with Crippen LogP contribution in [0.4, 0.5) is 15.2 Å². The van der Waals surface area contributed by atoms with Crippen LogP contribution in [-0.2, 0) is 0 Å². The lowest BCUT2D eigenvalue weighted by Gasteiger charge is -2.07. The van der Waals surface area contributed by atoms with Crippen LogP contribution >= 0.6 is 27.3 Å². The van der Waals surface area contributed by atoms with Crippen molar-refractivity contribution in [1.29, 1.82) is 0 Å². The zero-order chi connectivity index (χ0) is 14.3. The lowest BCUT2D eigenvalue weighted by atomic mass is 10.2. The molecule has 2 nitrogen and oxygen atoms in total. The molecule has 0 aliphatic heterocycles. The number of hydrogen-bond donors (Lipinski definition) is 1. The normalized spacial score (nSPS) is 11.0. The van der Waals surface area contributed by atoms with E-state index in [1.807, 2.05) is 19.1 Å². The number of thiazole rings is 1. The molecule has 1 N–H and O–H groups in total. The molecule has 3 aromatic rings. The second-order valence-corrected chi connectivity index (χ2v) is 6.58. The van der Waals surface area contributed by atoms with Gasteiger partial charge in [0.1, 0.15) is 5.82 Å². The first-order valence-corrected chi connectivity index (χ1v) is 7.74. The highest BCUT2D eigenvalue weighted by molar-refractivity contribution is 9.10. The van der Waals surface area contributed by atoms with Gasteiger partial charge in [0.2, 0.25) is 0 Å². The van der Waals surface area contributed by atoms with Crippen LogP contribution in [0, 0.1) is 19.7 Å². The summed E-state index contributed by atoms with van der Waals surface area (Å²) in [5.74, 6) is -0.257. The highest BCUT2D eigenvalue weighted by Crippen LogP contribution is 2.31. The van der Waals surface area contributed by atoms with Crippen LogP contribution in [0.1, 0.15) is 11.1 Å². The van der Waals surface area contributed by atoms with Crippen LogP contribution in [-0.4, -0.2) is 4.98 Å². The number of nitrogens with zero attached hydrogens (tertiary/aromatic N) is 1. The fraction of sp³-hybridized carbons (Fsp3) is 0.133. The summed E-state index contributed by atoms with van der Waals surface area (Å²) >= 11 is 4.80. The Morgan fingerprint density at radius 2 is 2.00 bits per heavy atom. The van der Waals surface area contributed by atoms with E-state index in [2.05, 4.69) is 39.2 Å². The standard InChI is InChI=1S/C15H12BrFN2S/c1-8-3-4-12-14(5-8)20-15(18-12)19-13-7-10(16)11(17)6-9(13)2/h3-7H,1-2H3,(H,18,19). The average molecular weight is 351 g/mol. The number of rotatable bonds is 2. The van der Waals surface area contributed by atoms with Gasteiger partial charge < -0.3 is 5.32 Å². The predicted octanol–water partition coefficient (Wildman–Crippen LogP) is 5.56. The lowest BCUT2D eigenvalue weighted by molar-refractivity contribution is 0.620. The van der Waals surface area contributed by atoms with E-state index in [1.165, 1.54) is 11.6 Å². The molecule has 0 unspecified atom stereocenters. The first-order chi connectivity index (χ1) is 9.52. The van der Waals surface area contributed by atoms with Crippen molar-refractivity contribution in [3.8, 4) is 0 Å². The topological polar surface area (TPSA) is 24.9 Å². The number of hydrogen-bond acceptors (Lipinski definition) is 3. The molecule has 0 spiro atoms. The molecule has 20 heavy (non-hydrogen) atoms. The van der Waals surface area contributed by atoms with E-state index in [-0.39, 0.29) is 5.82 Å². The lowest BCUT2D eigenvalue weighted by Crippen LogP contribution is -1.94. The molecule has 2 aromatic carbocycles. The van der Waals surface area contributed by atoms with Crippen LogP contribution in [0.25, 0.3) is 10.2 Å². The van der Waals surface area contributed by atoms with Gasteiger partial charge in [-0.25, -0.2) is 9.37 Å². The quantitative estimate of drug-likeness (QED) is 0.654. The number of aryl methyl sites for hydroxylation is 2. The van der Waals surface area contributed by atoms with Crippen LogP contribution in [0.2, 0.25) is 0 Å². The number of halogens is 2. The molecule has 0 amide bonds. The molecule has 5 heteroatoms. The van der Waals surface area contributed by atoms with Gasteiger partial charge in [0, 0.05) is 5.69 Å². The summed E-state index contributed by atoms with van der Waals surface area (Å²) < 4.78 is 15.0. The van der Waals surface area contributed by atoms with E-state index < -0.39 is 0 Å². The zero-order valence-electron chi connectivity index (χ0n) is 11.0. The number of aromatic nitrogens is 1. The van der Waals surface area contributed by atoms with Crippen LogP contribution < -0.4 is 5.32 Å². The second kappa shape index (κ2) is 5.14. The molecule has 0 radical (unpaired) electrons. The Balaban J connectivity index is 1.99. The van der Waals surface area contributed by atoms with Gasteiger partial charge in [-0.3, -0.25) is 0 Å². The molecule has 0 bridgehead atoms.